The zero-order valence-electron chi connectivity index (χ0n) is 16.7. The maximum absolute atomic E-state index is 6.08. The Hall–Kier alpha value is -2.73. The van der Waals surface area contributed by atoms with Gasteiger partial charge in [0.2, 0.25) is 0 Å². The molecule has 146 valence electrons. The van der Waals surface area contributed by atoms with Gasteiger partial charge >= 0.3 is 0 Å². The monoisotopic (exact) mass is 370 g/mol. The minimum atomic E-state index is 0.361. The number of nitrogens with two attached hydrogens (primary N) is 1. The average molecular weight is 370 g/mol. The number of methoxy groups -OCH3 is 2. The molecule has 0 atom stereocenters. The van der Waals surface area contributed by atoms with Crippen LogP contribution in [0.15, 0.2) is 47.5 Å². The SMILES string of the molecule is CCN(CC)Cc1ccccc1CN=C(N)Nc1ccc(OC)c(OC)c1. The molecule has 0 aliphatic heterocycles. The fraction of sp³-hybridized carbons (Fsp3) is 0.381. The van der Waals surface area contributed by atoms with Gasteiger partial charge < -0.3 is 20.5 Å². The molecule has 0 saturated heterocycles. The van der Waals surface area contributed by atoms with E-state index in [-0.39, 0.29) is 0 Å². The molecule has 0 spiro atoms. The fourth-order valence-electron chi connectivity index (χ4n) is 2.83. The molecule has 0 heterocycles. The number of aliphatic imine (C=N–C) groups is 1. The zero-order valence-corrected chi connectivity index (χ0v) is 16.7. The molecule has 6 heteroatoms. The van der Waals surface area contributed by atoms with Crippen LogP contribution in [0.5, 0.6) is 11.5 Å². The van der Waals surface area contributed by atoms with E-state index in [4.69, 9.17) is 15.2 Å². The van der Waals surface area contributed by atoms with Crippen molar-refractivity contribution >= 4 is 11.6 Å². The Labute approximate surface area is 162 Å². The topological polar surface area (TPSA) is 72.1 Å². The van der Waals surface area contributed by atoms with Crippen LogP contribution in [0.25, 0.3) is 0 Å². The molecular formula is C21H30N4O2. The Balaban J connectivity index is 2.07. The number of ether oxygens (including phenoxy) is 2. The smallest absolute Gasteiger partial charge is 0.193 e. The summed E-state index contributed by atoms with van der Waals surface area (Å²) < 4.78 is 10.6. The predicted molar refractivity (Wildman–Crippen MR) is 112 cm³/mol. The molecule has 2 rings (SSSR count). The molecule has 0 unspecified atom stereocenters. The van der Waals surface area contributed by atoms with Crippen LogP contribution in [0, 0.1) is 0 Å². The average Bonchev–Trinajstić information content (AvgIpc) is 2.71. The lowest BCUT2D eigenvalue weighted by molar-refractivity contribution is 0.295. The number of hydrogen-bond acceptors (Lipinski definition) is 4. The maximum atomic E-state index is 6.08. The molecule has 0 radical (unpaired) electrons. The number of nitrogens with zero attached hydrogens (tertiary/aromatic N) is 2. The minimum Gasteiger partial charge on any atom is -0.493 e. The summed E-state index contributed by atoms with van der Waals surface area (Å²) in [7, 11) is 3.21. The van der Waals surface area contributed by atoms with Crippen LogP contribution in [-0.2, 0) is 13.1 Å². The number of guanidine groups is 1. The van der Waals surface area contributed by atoms with Crippen molar-refractivity contribution in [1.29, 1.82) is 0 Å². The molecule has 0 saturated carbocycles. The standard InChI is InChI=1S/C21H30N4O2/c1-5-25(6-2)15-17-10-8-7-9-16(17)14-23-21(22)24-18-11-12-19(26-3)20(13-18)27-4/h7-13H,5-6,14-15H2,1-4H3,(H3,22,23,24). The Morgan fingerprint density at radius 3 is 2.30 bits per heavy atom. The zero-order chi connectivity index (χ0) is 19.6. The highest BCUT2D eigenvalue weighted by Crippen LogP contribution is 2.29. The summed E-state index contributed by atoms with van der Waals surface area (Å²) in [6.07, 6.45) is 0. The second-order valence-electron chi connectivity index (χ2n) is 6.13. The Bertz CT molecular complexity index is 758. The van der Waals surface area contributed by atoms with Gasteiger partial charge in [0.15, 0.2) is 17.5 Å². The van der Waals surface area contributed by atoms with Crippen molar-refractivity contribution in [3.63, 3.8) is 0 Å². The number of anilines is 1. The second-order valence-corrected chi connectivity index (χ2v) is 6.13. The van der Waals surface area contributed by atoms with E-state index < -0.39 is 0 Å². The van der Waals surface area contributed by atoms with Crippen LogP contribution < -0.4 is 20.5 Å². The van der Waals surface area contributed by atoms with Crippen molar-refractivity contribution in [3.05, 3.63) is 53.6 Å². The Kier molecular flexibility index (Phi) is 7.95. The van der Waals surface area contributed by atoms with Crippen LogP contribution >= 0.6 is 0 Å². The van der Waals surface area contributed by atoms with Crippen molar-refractivity contribution < 1.29 is 9.47 Å². The number of benzene rings is 2. The van der Waals surface area contributed by atoms with Gasteiger partial charge in [-0.15, -0.1) is 0 Å². The molecule has 27 heavy (non-hydrogen) atoms. The van der Waals surface area contributed by atoms with Gasteiger partial charge in [-0.1, -0.05) is 38.1 Å². The largest absolute Gasteiger partial charge is 0.493 e. The van der Waals surface area contributed by atoms with Gasteiger partial charge in [0, 0.05) is 18.3 Å². The van der Waals surface area contributed by atoms with Crippen LogP contribution in [0.4, 0.5) is 5.69 Å². The predicted octanol–water partition coefficient (Wildman–Crippen LogP) is 3.47. The summed E-state index contributed by atoms with van der Waals surface area (Å²) >= 11 is 0. The highest BCUT2D eigenvalue weighted by atomic mass is 16.5. The van der Waals surface area contributed by atoms with E-state index in [0.717, 1.165) is 25.3 Å². The van der Waals surface area contributed by atoms with Crippen molar-refractivity contribution in [3.8, 4) is 11.5 Å². The van der Waals surface area contributed by atoms with Gasteiger partial charge in [-0.05, 0) is 36.3 Å². The summed E-state index contributed by atoms with van der Waals surface area (Å²) in [5.74, 6) is 1.67. The Morgan fingerprint density at radius 1 is 1.00 bits per heavy atom. The highest BCUT2D eigenvalue weighted by molar-refractivity contribution is 5.92. The van der Waals surface area contributed by atoms with E-state index in [1.54, 1.807) is 14.2 Å². The third kappa shape index (κ3) is 5.89. The first kappa shape index (κ1) is 20.6. The van der Waals surface area contributed by atoms with E-state index in [2.05, 4.69) is 47.3 Å². The van der Waals surface area contributed by atoms with Crippen LogP contribution in [0.2, 0.25) is 0 Å². The second kappa shape index (κ2) is 10.4. The van der Waals surface area contributed by atoms with Gasteiger partial charge in [-0.3, -0.25) is 4.90 Å². The first-order chi connectivity index (χ1) is 13.1. The van der Waals surface area contributed by atoms with Crippen molar-refractivity contribution in [2.45, 2.75) is 26.9 Å². The fourth-order valence-corrected chi connectivity index (χ4v) is 2.83. The van der Waals surface area contributed by atoms with Crippen LogP contribution in [0.3, 0.4) is 0 Å². The van der Waals surface area contributed by atoms with Crippen LogP contribution in [0.1, 0.15) is 25.0 Å². The molecule has 2 aromatic rings. The molecule has 3 N–H and O–H groups in total. The van der Waals surface area contributed by atoms with Crippen molar-refractivity contribution in [2.24, 2.45) is 10.7 Å². The van der Waals surface area contributed by atoms with E-state index in [0.29, 0.717) is 24.0 Å². The lowest BCUT2D eigenvalue weighted by Crippen LogP contribution is -2.24. The number of hydrogen-bond donors (Lipinski definition) is 2. The van der Waals surface area contributed by atoms with Crippen LogP contribution in [-0.4, -0.2) is 38.2 Å². The molecule has 0 fully saturated rings. The van der Waals surface area contributed by atoms with Gasteiger partial charge in [0.25, 0.3) is 0 Å². The number of nitrogens with one attached hydrogen (secondary N) is 1. The molecule has 0 aromatic heterocycles. The summed E-state index contributed by atoms with van der Waals surface area (Å²) in [5, 5.41) is 3.10. The molecular weight excluding hydrogens is 340 g/mol. The lowest BCUT2D eigenvalue weighted by atomic mass is 10.1. The van der Waals surface area contributed by atoms with Gasteiger partial charge in [0.1, 0.15) is 0 Å². The van der Waals surface area contributed by atoms with E-state index >= 15 is 0 Å². The van der Waals surface area contributed by atoms with E-state index in [1.165, 1.54) is 11.1 Å². The normalized spacial score (nSPS) is 11.5. The molecule has 0 amide bonds. The molecule has 0 aliphatic rings. The van der Waals surface area contributed by atoms with E-state index in [1.807, 2.05) is 24.3 Å². The quantitative estimate of drug-likeness (QED) is 0.522. The summed E-state index contributed by atoms with van der Waals surface area (Å²) in [4.78, 5) is 6.88. The molecule has 0 bridgehead atoms. The first-order valence-electron chi connectivity index (χ1n) is 9.19. The highest BCUT2D eigenvalue weighted by Gasteiger charge is 2.07. The van der Waals surface area contributed by atoms with Gasteiger partial charge in [0.05, 0.1) is 20.8 Å². The summed E-state index contributed by atoms with van der Waals surface area (Å²) in [5.41, 5.74) is 9.34. The number of rotatable bonds is 9. The first-order valence-corrected chi connectivity index (χ1v) is 9.19. The molecule has 0 aliphatic carbocycles. The van der Waals surface area contributed by atoms with Crippen molar-refractivity contribution in [2.75, 3.05) is 32.6 Å². The Morgan fingerprint density at radius 2 is 1.67 bits per heavy atom. The van der Waals surface area contributed by atoms with Crippen molar-refractivity contribution in [1.82, 2.24) is 4.90 Å². The summed E-state index contributed by atoms with van der Waals surface area (Å²) in [6.45, 7) is 7.85. The molecule has 2 aromatic carbocycles. The van der Waals surface area contributed by atoms with Gasteiger partial charge in [-0.25, -0.2) is 4.99 Å². The summed E-state index contributed by atoms with van der Waals surface area (Å²) in [6, 6.07) is 13.9. The van der Waals surface area contributed by atoms with Gasteiger partial charge in [-0.2, -0.15) is 0 Å². The molecule has 6 nitrogen and oxygen atoms in total. The maximum Gasteiger partial charge on any atom is 0.193 e. The lowest BCUT2D eigenvalue weighted by Gasteiger charge is -2.19. The van der Waals surface area contributed by atoms with E-state index in [9.17, 15) is 0 Å². The third-order valence-electron chi connectivity index (χ3n) is 4.48. The minimum absolute atomic E-state index is 0.361. The third-order valence-corrected chi connectivity index (χ3v) is 4.48.